The first kappa shape index (κ1) is 15.6. The van der Waals surface area contributed by atoms with Crippen molar-refractivity contribution < 1.29 is 22.7 Å². The highest BCUT2D eigenvalue weighted by Crippen LogP contribution is 2.30. The average Bonchev–Trinajstić information content (AvgIpc) is 2.30. The third-order valence-corrected chi connectivity index (χ3v) is 2.69. The lowest BCUT2D eigenvalue weighted by atomic mass is 10.3. The summed E-state index contributed by atoms with van der Waals surface area (Å²) in [7, 11) is 0. The molecular formula is C12H11BrF3NO2. The van der Waals surface area contributed by atoms with Crippen molar-refractivity contribution in [2.24, 2.45) is 0 Å². The standard InChI is InChI=1S/C12H11BrF3NO2/c1-2-19-11(18)7-10(12(14,15)16)17-9-6-4-3-5-8(9)13/h3-7,17H,2H2,1H3/b10-7+. The van der Waals surface area contributed by atoms with Crippen LogP contribution in [0, 0.1) is 0 Å². The molecule has 0 bridgehead atoms. The van der Waals surface area contributed by atoms with Crippen LogP contribution in [0.5, 0.6) is 0 Å². The van der Waals surface area contributed by atoms with Crippen molar-refractivity contribution in [3.05, 3.63) is 40.5 Å². The van der Waals surface area contributed by atoms with E-state index in [1.807, 2.05) is 0 Å². The highest BCUT2D eigenvalue weighted by atomic mass is 79.9. The predicted octanol–water partition coefficient (Wildman–Crippen LogP) is 3.87. The van der Waals surface area contributed by atoms with Gasteiger partial charge in [-0.15, -0.1) is 0 Å². The number of allylic oxidation sites excluding steroid dienone is 1. The Morgan fingerprint density at radius 2 is 2.05 bits per heavy atom. The molecule has 0 spiro atoms. The second-order valence-electron chi connectivity index (χ2n) is 3.41. The van der Waals surface area contributed by atoms with Crippen molar-refractivity contribution in [1.82, 2.24) is 0 Å². The molecule has 104 valence electrons. The molecular weight excluding hydrogens is 327 g/mol. The van der Waals surface area contributed by atoms with Crippen LogP contribution in [0.2, 0.25) is 0 Å². The Morgan fingerprint density at radius 1 is 1.42 bits per heavy atom. The van der Waals surface area contributed by atoms with Crippen LogP contribution < -0.4 is 5.32 Å². The fourth-order valence-corrected chi connectivity index (χ4v) is 1.58. The van der Waals surface area contributed by atoms with Gasteiger partial charge in [-0.1, -0.05) is 12.1 Å². The van der Waals surface area contributed by atoms with Crippen molar-refractivity contribution in [2.45, 2.75) is 13.1 Å². The Labute approximate surface area is 116 Å². The number of rotatable bonds is 4. The van der Waals surface area contributed by atoms with E-state index in [-0.39, 0.29) is 12.3 Å². The zero-order valence-electron chi connectivity index (χ0n) is 9.92. The number of carbonyl (C=O) groups is 1. The summed E-state index contributed by atoms with van der Waals surface area (Å²) in [5.41, 5.74) is -0.978. The predicted molar refractivity (Wildman–Crippen MR) is 68.5 cm³/mol. The average molecular weight is 338 g/mol. The van der Waals surface area contributed by atoms with Crippen LogP contribution in [0.1, 0.15) is 6.92 Å². The molecule has 1 aromatic carbocycles. The number of benzene rings is 1. The molecule has 0 fully saturated rings. The maximum absolute atomic E-state index is 12.8. The molecule has 0 atom stereocenters. The number of esters is 1. The van der Waals surface area contributed by atoms with E-state index in [2.05, 4.69) is 26.0 Å². The first-order valence-corrected chi connectivity index (χ1v) is 6.11. The van der Waals surface area contributed by atoms with Gasteiger partial charge in [0.15, 0.2) is 0 Å². The molecule has 0 aromatic heterocycles. The van der Waals surface area contributed by atoms with Gasteiger partial charge in [0.2, 0.25) is 0 Å². The minimum absolute atomic E-state index is 0.00943. The lowest BCUT2D eigenvalue weighted by Crippen LogP contribution is -2.21. The van der Waals surface area contributed by atoms with E-state index < -0.39 is 17.8 Å². The molecule has 0 aliphatic rings. The van der Waals surface area contributed by atoms with Gasteiger partial charge in [-0.2, -0.15) is 13.2 Å². The van der Waals surface area contributed by atoms with E-state index in [9.17, 15) is 18.0 Å². The molecule has 0 aliphatic heterocycles. The number of hydrogen-bond acceptors (Lipinski definition) is 3. The molecule has 1 N–H and O–H groups in total. The molecule has 0 amide bonds. The summed E-state index contributed by atoms with van der Waals surface area (Å²) in [5.74, 6) is -1.05. The van der Waals surface area contributed by atoms with Gasteiger partial charge >= 0.3 is 12.1 Å². The fraction of sp³-hybridized carbons (Fsp3) is 0.250. The molecule has 0 heterocycles. The molecule has 19 heavy (non-hydrogen) atoms. The van der Waals surface area contributed by atoms with Crippen LogP contribution in [0.15, 0.2) is 40.5 Å². The van der Waals surface area contributed by atoms with Crippen molar-refractivity contribution in [2.75, 3.05) is 11.9 Å². The summed E-state index contributed by atoms with van der Waals surface area (Å²) in [4.78, 5) is 11.1. The minimum Gasteiger partial charge on any atom is -0.463 e. The normalized spacial score (nSPS) is 12.2. The van der Waals surface area contributed by atoms with E-state index in [4.69, 9.17) is 0 Å². The Balaban J connectivity index is 3.00. The maximum atomic E-state index is 12.8. The van der Waals surface area contributed by atoms with Crippen LogP contribution in [-0.2, 0) is 9.53 Å². The maximum Gasteiger partial charge on any atom is 0.431 e. The zero-order chi connectivity index (χ0) is 14.5. The van der Waals surface area contributed by atoms with E-state index in [1.165, 1.54) is 13.0 Å². The Hall–Kier alpha value is -1.50. The first-order valence-electron chi connectivity index (χ1n) is 5.31. The van der Waals surface area contributed by atoms with Gasteiger partial charge < -0.3 is 10.1 Å². The third kappa shape index (κ3) is 4.94. The summed E-state index contributed by atoms with van der Waals surface area (Å²) < 4.78 is 43.3. The highest BCUT2D eigenvalue weighted by Gasteiger charge is 2.35. The Morgan fingerprint density at radius 3 is 2.58 bits per heavy atom. The summed E-state index contributed by atoms with van der Waals surface area (Å²) in [6.07, 6.45) is -4.29. The van der Waals surface area contributed by atoms with Gasteiger partial charge in [-0.05, 0) is 35.0 Å². The summed E-state index contributed by atoms with van der Waals surface area (Å²) >= 11 is 3.12. The number of carbonyl (C=O) groups excluding carboxylic acids is 1. The summed E-state index contributed by atoms with van der Waals surface area (Å²) in [6, 6.07) is 6.28. The van der Waals surface area contributed by atoms with Gasteiger partial charge in [0.1, 0.15) is 5.70 Å². The lowest BCUT2D eigenvalue weighted by Gasteiger charge is -2.15. The molecule has 7 heteroatoms. The number of para-hydroxylation sites is 1. The molecule has 0 unspecified atom stereocenters. The number of anilines is 1. The second kappa shape index (κ2) is 6.60. The van der Waals surface area contributed by atoms with Crippen LogP contribution >= 0.6 is 15.9 Å². The first-order chi connectivity index (χ1) is 8.84. The van der Waals surface area contributed by atoms with Gasteiger partial charge in [0, 0.05) is 4.47 Å². The number of halogens is 4. The summed E-state index contributed by atoms with van der Waals surface area (Å²) in [5, 5.41) is 2.16. The van der Waals surface area contributed by atoms with Gasteiger partial charge in [-0.25, -0.2) is 4.79 Å². The van der Waals surface area contributed by atoms with Gasteiger partial charge in [-0.3, -0.25) is 0 Å². The molecule has 0 radical (unpaired) electrons. The van der Waals surface area contributed by atoms with E-state index in [1.54, 1.807) is 18.2 Å². The number of nitrogens with one attached hydrogen (secondary N) is 1. The van der Waals surface area contributed by atoms with Crippen molar-refractivity contribution in [1.29, 1.82) is 0 Å². The van der Waals surface area contributed by atoms with Crippen LogP contribution in [0.3, 0.4) is 0 Å². The fourth-order valence-electron chi connectivity index (χ4n) is 1.20. The molecule has 1 rings (SSSR count). The Kier molecular flexibility index (Phi) is 5.41. The van der Waals surface area contributed by atoms with Gasteiger partial charge in [0.25, 0.3) is 0 Å². The van der Waals surface area contributed by atoms with Crippen LogP contribution in [-0.4, -0.2) is 18.8 Å². The third-order valence-electron chi connectivity index (χ3n) is 2.00. The zero-order valence-corrected chi connectivity index (χ0v) is 11.5. The number of ether oxygens (including phenoxy) is 1. The van der Waals surface area contributed by atoms with Crippen molar-refractivity contribution in [3.63, 3.8) is 0 Å². The molecule has 3 nitrogen and oxygen atoms in total. The van der Waals surface area contributed by atoms with Crippen LogP contribution in [0.4, 0.5) is 18.9 Å². The molecule has 1 aromatic rings. The lowest BCUT2D eigenvalue weighted by molar-refractivity contribution is -0.138. The van der Waals surface area contributed by atoms with Crippen molar-refractivity contribution in [3.8, 4) is 0 Å². The van der Waals surface area contributed by atoms with Crippen LogP contribution in [0.25, 0.3) is 0 Å². The monoisotopic (exact) mass is 337 g/mol. The summed E-state index contributed by atoms with van der Waals surface area (Å²) in [6.45, 7) is 1.52. The largest absolute Gasteiger partial charge is 0.463 e. The molecule has 0 saturated carbocycles. The van der Waals surface area contributed by atoms with E-state index >= 15 is 0 Å². The molecule has 0 aliphatic carbocycles. The number of alkyl halides is 3. The smallest absolute Gasteiger partial charge is 0.431 e. The highest BCUT2D eigenvalue weighted by molar-refractivity contribution is 9.10. The van der Waals surface area contributed by atoms with Gasteiger partial charge in [0.05, 0.1) is 18.4 Å². The topological polar surface area (TPSA) is 38.3 Å². The Bertz CT molecular complexity index is 486. The SMILES string of the molecule is CCOC(=O)/C=C(/Nc1ccccc1Br)C(F)(F)F. The van der Waals surface area contributed by atoms with E-state index in [0.29, 0.717) is 10.5 Å². The minimum atomic E-state index is -4.68. The number of hydrogen-bond donors (Lipinski definition) is 1. The van der Waals surface area contributed by atoms with E-state index in [0.717, 1.165) is 0 Å². The second-order valence-corrected chi connectivity index (χ2v) is 4.27. The van der Waals surface area contributed by atoms with Crippen molar-refractivity contribution >= 4 is 27.6 Å². The quantitative estimate of drug-likeness (QED) is 0.669. The molecule has 0 saturated heterocycles.